The van der Waals surface area contributed by atoms with E-state index in [0.29, 0.717) is 0 Å². The zero-order chi connectivity index (χ0) is 11.5. The summed E-state index contributed by atoms with van der Waals surface area (Å²) in [6, 6.07) is 0. The van der Waals surface area contributed by atoms with Crippen LogP contribution in [0.1, 0.15) is 26.7 Å². The average Bonchev–Trinajstić information content (AvgIpc) is 2.81. The van der Waals surface area contributed by atoms with Gasteiger partial charge in [0, 0.05) is 9.52 Å². The van der Waals surface area contributed by atoms with E-state index >= 15 is 0 Å². The Kier molecular flexibility index (Phi) is 28.3. The first-order valence-corrected chi connectivity index (χ1v) is 7.73. The Balaban J connectivity index is -0.0000000793. The number of halogens is 2. The maximum absolute atomic E-state index is 3.12. The van der Waals surface area contributed by atoms with Gasteiger partial charge < -0.3 is 0 Å². The molecule has 2 aliphatic rings. The summed E-state index contributed by atoms with van der Waals surface area (Å²) in [7, 11) is 0.750. The monoisotopic (exact) mass is 347 g/mol. The Morgan fingerprint density at radius 2 is 1.17 bits per heavy atom. The van der Waals surface area contributed by atoms with Gasteiger partial charge in [-0.05, 0) is 0 Å². The van der Waals surface area contributed by atoms with E-state index in [1.165, 1.54) is 11.1 Å². The van der Waals surface area contributed by atoms with Crippen molar-refractivity contribution in [2.45, 2.75) is 39.8 Å². The Bertz CT molecular complexity index is 248. The first-order chi connectivity index (χ1) is 7.20. The van der Waals surface area contributed by atoms with Gasteiger partial charge in [-0.3, -0.25) is 21.6 Å². The second-order valence-corrected chi connectivity index (χ2v) is 4.66. The van der Waals surface area contributed by atoms with Crippen LogP contribution in [0.4, 0.5) is 9.41 Å². The summed E-state index contributed by atoms with van der Waals surface area (Å²) in [6.07, 6.45) is 16.7. The van der Waals surface area contributed by atoms with Gasteiger partial charge in [0.1, 0.15) is 0 Å². The summed E-state index contributed by atoms with van der Waals surface area (Å²) >= 11 is 0. The number of hydrogen-bond acceptors (Lipinski definition) is 0. The molecule has 0 saturated carbocycles. The van der Waals surface area contributed by atoms with Crippen molar-refractivity contribution < 1.29 is 35.6 Å². The van der Waals surface area contributed by atoms with E-state index in [1.54, 1.807) is 0 Å². The zero-order valence-corrected chi connectivity index (χ0v) is 15.2. The van der Waals surface area contributed by atoms with E-state index in [0.717, 1.165) is 22.4 Å². The molecule has 4 heteroatoms. The van der Waals surface area contributed by atoms with Gasteiger partial charge in [0.2, 0.25) is 0 Å². The molecule has 0 bridgehead atoms. The molecule has 0 heterocycles. The van der Waals surface area contributed by atoms with Crippen molar-refractivity contribution in [2.24, 2.45) is 0 Å². The van der Waals surface area contributed by atoms with E-state index in [4.69, 9.17) is 0 Å². The van der Waals surface area contributed by atoms with Crippen molar-refractivity contribution in [3.8, 4) is 0 Å². The Labute approximate surface area is 132 Å². The van der Waals surface area contributed by atoms with Crippen LogP contribution < -0.4 is 0 Å². The van der Waals surface area contributed by atoms with Crippen LogP contribution in [0.25, 0.3) is 0 Å². The van der Waals surface area contributed by atoms with Gasteiger partial charge in [-0.2, -0.15) is 12.2 Å². The predicted octanol–water partition coefficient (Wildman–Crippen LogP) is 4.21. The molecule has 0 aliphatic heterocycles. The minimum Gasteiger partial charge on any atom is -0.270 e. The topological polar surface area (TPSA) is 0 Å². The van der Waals surface area contributed by atoms with Gasteiger partial charge in [0.05, 0.1) is 0 Å². The Hall–Kier alpha value is -0.0800. The predicted molar refractivity (Wildman–Crippen MR) is 76.3 cm³/mol. The molecule has 2 rings (SSSR count). The van der Waals surface area contributed by atoms with Crippen LogP contribution in [-0.4, -0.2) is 9.52 Å². The second-order valence-electron chi connectivity index (χ2n) is 3.51. The Morgan fingerprint density at radius 1 is 0.889 bits per heavy atom. The van der Waals surface area contributed by atoms with Crippen molar-refractivity contribution in [2.75, 3.05) is 0 Å². The van der Waals surface area contributed by atoms with Gasteiger partial charge in [-0.25, -0.2) is 23.3 Å². The molecule has 2 aliphatic carbocycles. The summed E-state index contributed by atoms with van der Waals surface area (Å²) < 4.78 is 0. The molecule has 0 spiro atoms. The number of hydrogen-bond donors (Lipinski definition) is 0. The first kappa shape index (κ1) is 26.5. The summed E-state index contributed by atoms with van der Waals surface area (Å²) in [5.74, 6) is 0. The van der Waals surface area contributed by atoms with Crippen LogP contribution in [-0.2, 0) is 26.2 Å². The van der Waals surface area contributed by atoms with Crippen LogP contribution in [0.2, 0.25) is 13.1 Å². The smallest absolute Gasteiger partial charge is 0.270 e. The molecule has 0 nitrogen and oxygen atoms in total. The third-order valence-corrected chi connectivity index (χ3v) is 1.73. The normalized spacial score (nSPS) is 13.3. The minimum absolute atomic E-state index is 0. The van der Waals surface area contributed by atoms with Gasteiger partial charge in [-0.1, -0.05) is 26.9 Å². The molecule has 1 radical (unpaired) electrons. The summed E-state index contributed by atoms with van der Waals surface area (Å²) in [5, 5.41) is 0. The number of allylic oxidation sites excluding steroid dienone is 8. The fraction of sp³-hybridized carbons (Fsp3) is 0.429. The van der Waals surface area contributed by atoms with Gasteiger partial charge in [0.15, 0.2) is 0 Å². The summed E-state index contributed by atoms with van der Waals surface area (Å²) in [5.41, 5.74) is 2.55. The fourth-order valence-electron chi connectivity index (χ4n) is 1.03. The molecule has 0 unspecified atom stereocenters. The fourth-order valence-corrected chi connectivity index (χ4v) is 1.03. The van der Waals surface area contributed by atoms with Gasteiger partial charge in [0.25, 0.3) is 0 Å². The van der Waals surface area contributed by atoms with Crippen LogP contribution in [0.5, 0.6) is 0 Å². The second kappa shape index (κ2) is 19.3. The molecular weight excluding hydrogens is 325 g/mol. The standard InChI is InChI=1S/2C6H7.C2H7Si.2FH.Zr/c2*1-6-4-2-3-5-6;1-3-2;;;/h2*2,4H,3H2,1H3;3H,1-2H3;2*1H;/q2*-1;;;;+2. The van der Waals surface area contributed by atoms with Gasteiger partial charge >= 0.3 is 26.2 Å². The van der Waals surface area contributed by atoms with Crippen molar-refractivity contribution >= 4 is 9.52 Å². The maximum atomic E-state index is 3.12. The summed E-state index contributed by atoms with van der Waals surface area (Å²) in [6.45, 7) is 8.53. The van der Waals surface area contributed by atoms with Crippen LogP contribution in [0.15, 0.2) is 35.5 Å². The molecule has 0 amide bonds. The van der Waals surface area contributed by atoms with E-state index in [9.17, 15) is 0 Å². The molecule has 0 N–H and O–H groups in total. The van der Waals surface area contributed by atoms with Crippen molar-refractivity contribution in [3.63, 3.8) is 0 Å². The molecule has 0 aromatic heterocycles. The quantitative estimate of drug-likeness (QED) is 0.454. The third kappa shape index (κ3) is 18.3. The molecule has 18 heavy (non-hydrogen) atoms. The number of rotatable bonds is 0. The zero-order valence-electron chi connectivity index (χ0n) is 11.6. The van der Waals surface area contributed by atoms with Crippen molar-refractivity contribution in [1.82, 2.24) is 0 Å². The van der Waals surface area contributed by atoms with E-state index in [2.05, 4.69) is 63.4 Å². The molecule has 0 fully saturated rings. The summed E-state index contributed by atoms with van der Waals surface area (Å²) in [4.78, 5) is 0. The van der Waals surface area contributed by atoms with E-state index in [-0.39, 0.29) is 35.6 Å². The van der Waals surface area contributed by atoms with Crippen LogP contribution in [0, 0.1) is 12.2 Å². The molecule has 0 aromatic carbocycles. The molecular formula is C14H23F2SiZr. The van der Waals surface area contributed by atoms with E-state index < -0.39 is 0 Å². The molecule has 101 valence electrons. The van der Waals surface area contributed by atoms with Crippen LogP contribution >= 0.6 is 0 Å². The Morgan fingerprint density at radius 3 is 1.22 bits per heavy atom. The molecule has 0 saturated heterocycles. The average molecular weight is 349 g/mol. The SMILES string of the molecule is CC1=[C-]CC=C1.CC1=[C-]CC=C1.C[SiH]C.F.F.[Zr+2]. The van der Waals surface area contributed by atoms with E-state index in [1.807, 2.05) is 0 Å². The van der Waals surface area contributed by atoms with Gasteiger partial charge in [-0.15, -0.1) is 12.8 Å². The third-order valence-electron chi connectivity index (χ3n) is 1.73. The largest absolute Gasteiger partial charge is 2.00 e. The minimum atomic E-state index is 0. The molecule has 0 aromatic rings. The van der Waals surface area contributed by atoms with Crippen molar-refractivity contribution in [1.29, 1.82) is 0 Å². The first-order valence-electron chi connectivity index (χ1n) is 5.42. The maximum Gasteiger partial charge on any atom is 2.00 e. The molecule has 0 atom stereocenters. The van der Waals surface area contributed by atoms with Crippen LogP contribution in [0.3, 0.4) is 0 Å². The van der Waals surface area contributed by atoms with Crippen molar-refractivity contribution in [3.05, 3.63) is 47.6 Å².